The third-order valence-electron chi connectivity index (χ3n) is 4.52. The van der Waals surface area contributed by atoms with E-state index >= 15 is 0 Å². The van der Waals surface area contributed by atoms with Gasteiger partial charge < -0.3 is 15.5 Å². The number of aliphatic imine (C=N–C) groups is 1. The first-order valence-corrected chi connectivity index (χ1v) is 10.1. The number of carbonyl (C=O) groups is 1. The highest BCUT2D eigenvalue weighted by Gasteiger charge is 2.33. The van der Waals surface area contributed by atoms with Crippen LogP contribution in [0.4, 0.5) is 18.9 Å². The van der Waals surface area contributed by atoms with Crippen LogP contribution >= 0.6 is 11.3 Å². The minimum Gasteiger partial charge on any atom is -0.356 e. The largest absolute Gasteiger partial charge is 0.434 e. The lowest BCUT2D eigenvalue weighted by Crippen LogP contribution is -2.46. The number of nitrogens with zero attached hydrogens (tertiary/aromatic N) is 3. The van der Waals surface area contributed by atoms with Crippen LogP contribution in [0.3, 0.4) is 0 Å². The molecule has 0 aliphatic carbocycles. The number of para-hydroxylation sites is 1. The number of carbonyl (C=O) groups excluding carboxylic acids is 1. The van der Waals surface area contributed by atoms with E-state index in [1.54, 1.807) is 11.9 Å². The molecule has 29 heavy (non-hydrogen) atoms. The van der Waals surface area contributed by atoms with Crippen LogP contribution in [0.2, 0.25) is 0 Å². The van der Waals surface area contributed by atoms with Crippen molar-refractivity contribution in [3.8, 4) is 0 Å². The Balaban J connectivity index is 1.47. The highest BCUT2D eigenvalue weighted by Crippen LogP contribution is 2.30. The van der Waals surface area contributed by atoms with Gasteiger partial charge in [0, 0.05) is 37.6 Å². The van der Waals surface area contributed by atoms with Gasteiger partial charge in [-0.3, -0.25) is 9.79 Å². The summed E-state index contributed by atoms with van der Waals surface area (Å²) in [4.78, 5) is 22.1. The summed E-state index contributed by atoms with van der Waals surface area (Å²) in [5, 5.41) is 7.36. The lowest BCUT2D eigenvalue weighted by molar-refractivity contribution is -0.140. The van der Waals surface area contributed by atoms with Crippen LogP contribution in [0.5, 0.6) is 0 Å². The Kier molecular flexibility index (Phi) is 6.73. The van der Waals surface area contributed by atoms with Gasteiger partial charge in [0.05, 0.1) is 11.6 Å². The van der Waals surface area contributed by atoms with E-state index < -0.39 is 11.9 Å². The van der Waals surface area contributed by atoms with Crippen molar-refractivity contribution in [3.63, 3.8) is 0 Å². The second-order valence-electron chi connectivity index (χ2n) is 6.50. The summed E-state index contributed by atoms with van der Waals surface area (Å²) >= 11 is 0.974. The van der Waals surface area contributed by atoms with Crippen molar-refractivity contribution in [2.45, 2.75) is 25.4 Å². The van der Waals surface area contributed by atoms with Crippen LogP contribution in [0.1, 0.15) is 22.7 Å². The molecule has 0 bridgehead atoms. The van der Waals surface area contributed by atoms with Crippen LogP contribution in [-0.2, 0) is 23.8 Å². The van der Waals surface area contributed by atoms with Crippen LogP contribution in [-0.4, -0.2) is 43.5 Å². The van der Waals surface area contributed by atoms with E-state index in [-0.39, 0.29) is 12.5 Å². The number of fused-ring (bicyclic) bond motifs is 1. The third-order valence-corrected chi connectivity index (χ3v) is 5.42. The number of rotatable bonds is 5. The van der Waals surface area contributed by atoms with E-state index in [0.29, 0.717) is 30.5 Å². The molecule has 0 unspecified atom stereocenters. The molecule has 156 valence electrons. The zero-order chi connectivity index (χ0) is 20.9. The van der Waals surface area contributed by atoms with E-state index in [1.165, 1.54) is 0 Å². The Morgan fingerprint density at radius 2 is 2.10 bits per heavy atom. The maximum atomic E-state index is 12.6. The second-order valence-corrected chi connectivity index (χ2v) is 7.45. The lowest BCUT2D eigenvalue weighted by Gasteiger charge is -2.29. The average molecular weight is 425 g/mol. The number of nitrogens with one attached hydrogen (secondary N) is 2. The number of benzene rings is 1. The number of thiazole rings is 1. The zero-order valence-electron chi connectivity index (χ0n) is 15.9. The van der Waals surface area contributed by atoms with Gasteiger partial charge >= 0.3 is 6.18 Å². The number of halogens is 3. The monoisotopic (exact) mass is 425 g/mol. The number of aromatic nitrogens is 1. The minimum atomic E-state index is -4.42. The molecule has 0 fully saturated rings. The summed E-state index contributed by atoms with van der Waals surface area (Å²) < 4.78 is 37.8. The van der Waals surface area contributed by atoms with Crippen molar-refractivity contribution < 1.29 is 18.0 Å². The summed E-state index contributed by atoms with van der Waals surface area (Å²) in [7, 11) is 1.57. The van der Waals surface area contributed by atoms with Gasteiger partial charge in [-0.25, -0.2) is 4.98 Å². The maximum absolute atomic E-state index is 12.6. The third kappa shape index (κ3) is 5.47. The van der Waals surface area contributed by atoms with Gasteiger partial charge in [0.1, 0.15) is 0 Å². The molecule has 1 aromatic carbocycles. The van der Waals surface area contributed by atoms with Gasteiger partial charge in [0.25, 0.3) is 0 Å². The smallest absolute Gasteiger partial charge is 0.356 e. The number of anilines is 1. The number of alkyl halides is 3. The van der Waals surface area contributed by atoms with Crippen LogP contribution in [0, 0.1) is 0 Å². The molecule has 0 saturated carbocycles. The van der Waals surface area contributed by atoms with Crippen molar-refractivity contribution in [1.29, 1.82) is 0 Å². The van der Waals surface area contributed by atoms with E-state index in [1.807, 2.05) is 24.3 Å². The van der Waals surface area contributed by atoms with Gasteiger partial charge in [-0.05, 0) is 24.5 Å². The molecule has 2 aromatic rings. The molecule has 2 N–H and O–H groups in total. The van der Waals surface area contributed by atoms with E-state index in [2.05, 4.69) is 20.6 Å². The molecule has 3 rings (SSSR count). The number of aryl methyl sites for hydroxylation is 1. The normalized spacial score (nSPS) is 14.5. The van der Waals surface area contributed by atoms with Gasteiger partial charge in [0.15, 0.2) is 11.7 Å². The molecule has 6 nitrogen and oxygen atoms in total. The predicted octanol–water partition coefficient (Wildman–Crippen LogP) is 2.85. The fraction of sp³-hybridized carbons (Fsp3) is 0.421. The molecule has 0 radical (unpaired) electrons. The number of hydrogen-bond donors (Lipinski definition) is 2. The van der Waals surface area contributed by atoms with Crippen molar-refractivity contribution >= 4 is 28.9 Å². The fourth-order valence-corrected chi connectivity index (χ4v) is 3.92. The Labute approximate surface area is 170 Å². The SMILES string of the molecule is CN=C(NCCc1nc(C(F)(F)F)cs1)NCC(=O)N1CCCc2ccccc21. The Bertz CT molecular complexity index is 881. The standard InChI is InChI=1S/C19H22F3N5OS/c1-23-18(24-9-8-16-26-15(12-29-16)19(20,21)22)25-11-17(28)27-10-4-6-13-5-2-3-7-14(13)27/h2-3,5,7,12H,4,6,8-11H2,1H3,(H2,23,24,25). The first-order chi connectivity index (χ1) is 13.9. The van der Waals surface area contributed by atoms with Crippen LogP contribution < -0.4 is 15.5 Å². The topological polar surface area (TPSA) is 69.6 Å². The quantitative estimate of drug-likeness (QED) is 0.571. The molecule has 10 heteroatoms. The molecular formula is C19H22F3N5OS. The minimum absolute atomic E-state index is 0.0603. The van der Waals surface area contributed by atoms with E-state index in [9.17, 15) is 18.0 Å². The summed E-state index contributed by atoms with van der Waals surface area (Å²) in [6.45, 7) is 1.10. The summed E-state index contributed by atoms with van der Waals surface area (Å²) in [6.07, 6.45) is -2.21. The van der Waals surface area contributed by atoms with Crippen molar-refractivity contribution in [3.05, 3.63) is 45.9 Å². The fourth-order valence-electron chi connectivity index (χ4n) is 3.11. The van der Waals surface area contributed by atoms with Crippen molar-refractivity contribution in [2.75, 3.05) is 31.6 Å². The summed E-state index contributed by atoms with van der Waals surface area (Å²) in [5.41, 5.74) is 1.24. The Hall–Kier alpha value is -2.62. The Morgan fingerprint density at radius 1 is 1.31 bits per heavy atom. The highest BCUT2D eigenvalue weighted by molar-refractivity contribution is 7.09. The molecule has 1 aliphatic heterocycles. The molecular weight excluding hydrogens is 403 g/mol. The predicted molar refractivity (Wildman–Crippen MR) is 107 cm³/mol. The first kappa shape index (κ1) is 21.1. The number of hydrogen-bond acceptors (Lipinski definition) is 4. The summed E-state index contributed by atoms with van der Waals surface area (Å²) in [6, 6.07) is 7.87. The molecule has 1 aromatic heterocycles. The zero-order valence-corrected chi connectivity index (χ0v) is 16.7. The van der Waals surface area contributed by atoms with Gasteiger partial charge in [-0.1, -0.05) is 18.2 Å². The molecule has 0 spiro atoms. The lowest BCUT2D eigenvalue weighted by atomic mass is 10.0. The molecule has 1 aliphatic rings. The molecule has 1 amide bonds. The number of guanidine groups is 1. The maximum Gasteiger partial charge on any atom is 0.434 e. The van der Waals surface area contributed by atoms with Gasteiger partial charge in [-0.15, -0.1) is 11.3 Å². The van der Waals surface area contributed by atoms with Gasteiger partial charge in [0.2, 0.25) is 5.91 Å². The van der Waals surface area contributed by atoms with Crippen LogP contribution in [0.15, 0.2) is 34.6 Å². The average Bonchev–Trinajstić information content (AvgIpc) is 3.19. The molecule has 2 heterocycles. The van der Waals surface area contributed by atoms with E-state index in [4.69, 9.17) is 0 Å². The second kappa shape index (κ2) is 9.25. The molecule has 0 atom stereocenters. The first-order valence-electron chi connectivity index (χ1n) is 9.23. The van der Waals surface area contributed by atoms with E-state index in [0.717, 1.165) is 40.8 Å². The Morgan fingerprint density at radius 3 is 2.83 bits per heavy atom. The van der Waals surface area contributed by atoms with Crippen molar-refractivity contribution in [1.82, 2.24) is 15.6 Å². The number of amides is 1. The van der Waals surface area contributed by atoms with Gasteiger partial charge in [-0.2, -0.15) is 13.2 Å². The van der Waals surface area contributed by atoms with Crippen LogP contribution in [0.25, 0.3) is 0 Å². The summed E-state index contributed by atoms with van der Waals surface area (Å²) in [5.74, 6) is 0.353. The highest BCUT2D eigenvalue weighted by atomic mass is 32.1. The molecule has 0 saturated heterocycles. The van der Waals surface area contributed by atoms with Crippen molar-refractivity contribution in [2.24, 2.45) is 4.99 Å².